The molecule has 94 valence electrons. The maximum atomic E-state index is 13.9. The number of nitrogens with two attached hydrogens (primary N) is 1. The van der Waals surface area contributed by atoms with Crippen molar-refractivity contribution in [1.82, 2.24) is 0 Å². The molecule has 0 atom stereocenters. The molecule has 2 aromatic carbocycles. The normalized spacial score (nSPS) is 10.2. The van der Waals surface area contributed by atoms with Crippen LogP contribution in [-0.2, 0) is 0 Å². The molecule has 2 aromatic rings. The van der Waals surface area contributed by atoms with Crippen LogP contribution in [0.3, 0.4) is 0 Å². The van der Waals surface area contributed by atoms with Gasteiger partial charge in [-0.3, -0.25) is 0 Å². The first-order valence-corrected chi connectivity index (χ1v) is 5.43. The third-order valence-corrected chi connectivity index (χ3v) is 2.68. The summed E-state index contributed by atoms with van der Waals surface area (Å²) in [4.78, 5) is 0. The van der Waals surface area contributed by atoms with Gasteiger partial charge in [0.05, 0.1) is 14.2 Å². The summed E-state index contributed by atoms with van der Waals surface area (Å²) in [6, 6.07) is 9.73. The number of para-hydroxylation sites is 1. The Hall–Kier alpha value is -2.23. The minimum Gasteiger partial charge on any atom is -0.493 e. The second-order valence-corrected chi connectivity index (χ2v) is 3.78. The molecular formula is C14H14FNO2. The summed E-state index contributed by atoms with van der Waals surface area (Å²) in [5.41, 5.74) is 7.19. The van der Waals surface area contributed by atoms with Crippen LogP contribution in [0.1, 0.15) is 0 Å². The molecule has 0 radical (unpaired) electrons. The highest BCUT2D eigenvalue weighted by molar-refractivity contribution is 5.76. The second-order valence-electron chi connectivity index (χ2n) is 3.78. The van der Waals surface area contributed by atoms with Gasteiger partial charge in [-0.2, -0.15) is 0 Å². The molecule has 0 aromatic heterocycles. The van der Waals surface area contributed by atoms with E-state index in [0.717, 1.165) is 0 Å². The Bertz CT molecular complexity index is 570. The van der Waals surface area contributed by atoms with Crippen LogP contribution in [0.15, 0.2) is 36.4 Å². The molecule has 2 N–H and O–H groups in total. The maximum absolute atomic E-state index is 13.9. The minimum absolute atomic E-state index is 0.351. The zero-order valence-corrected chi connectivity index (χ0v) is 10.2. The highest BCUT2D eigenvalue weighted by atomic mass is 19.1. The van der Waals surface area contributed by atoms with Gasteiger partial charge in [-0.25, -0.2) is 4.39 Å². The molecule has 0 spiro atoms. The number of halogens is 1. The van der Waals surface area contributed by atoms with Crippen molar-refractivity contribution >= 4 is 5.69 Å². The van der Waals surface area contributed by atoms with Crippen LogP contribution >= 0.6 is 0 Å². The van der Waals surface area contributed by atoms with E-state index < -0.39 is 0 Å². The molecule has 0 heterocycles. The predicted molar refractivity (Wildman–Crippen MR) is 69.4 cm³/mol. The molecule has 0 aliphatic rings. The largest absolute Gasteiger partial charge is 0.493 e. The van der Waals surface area contributed by atoms with Gasteiger partial charge < -0.3 is 15.2 Å². The summed E-state index contributed by atoms with van der Waals surface area (Å²) in [5.74, 6) is 0.692. The van der Waals surface area contributed by atoms with Crippen LogP contribution in [-0.4, -0.2) is 14.2 Å². The number of hydrogen-bond donors (Lipinski definition) is 1. The SMILES string of the molecule is COc1cccc(-c2cc(N)ccc2F)c1OC. The lowest BCUT2D eigenvalue weighted by atomic mass is 10.0. The number of nitrogen functional groups attached to an aromatic ring is 1. The molecule has 3 nitrogen and oxygen atoms in total. The van der Waals surface area contributed by atoms with Gasteiger partial charge in [-0.15, -0.1) is 0 Å². The molecular weight excluding hydrogens is 233 g/mol. The van der Waals surface area contributed by atoms with Crippen LogP contribution in [0.4, 0.5) is 10.1 Å². The monoisotopic (exact) mass is 247 g/mol. The highest BCUT2D eigenvalue weighted by Crippen LogP contribution is 2.39. The fourth-order valence-corrected chi connectivity index (χ4v) is 1.85. The van der Waals surface area contributed by atoms with E-state index in [2.05, 4.69) is 0 Å². The summed E-state index contributed by atoms with van der Waals surface area (Å²) in [5, 5.41) is 0. The molecule has 0 saturated heterocycles. The number of hydrogen-bond acceptors (Lipinski definition) is 3. The minimum atomic E-state index is -0.351. The number of ether oxygens (including phenoxy) is 2. The first-order valence-electron chi connectivity index (χ1n) is 5.43. The van der Waals surface area contributed by atoms with Crippen LogP contribution < -0.4 is 15.2 Å². The Morgan fingerprint density at radius 2 is 1.78 bits per heavy atom. The molecule has 0 aliphatic carbocycles. The zero-order chi connectivity index (χ0) is 13.1. The number of methoxy groups -OCH3 is 2. The highest BCUT2D eigenvalue weighted by Gasteiger charge is 2.14. The Morgan fingerprint density at radius 3 is 2.44 bits per heavy atom. The Labute approximate surface area is 105 Å². The lowest BCUT2D eigenvalue weighted by Gasteiger charge is -2.13. The summed E-state index contributed by atoms with van der Waals surface area (Å²) in [7, 11) is 3.06. The zero-order valence-electron chi connectivity index (χ0n) is 10.2. The molecule has 0 bridgehead atoms. The van der Waals surface area contributed by atoms with Gasteiger partial charge in [0.2, 0.25) is 0 Å². The summed E-state index contributed by atoms with van der Waals surface area (Å²) < 4.78 is 24.3. The smallest absolute Gasteiger partial charge is 0.168 e. The molecule has 0 fully saturated rings. The summed E-state index contributed by atoms with van der Waals surface area (Å²) >= 11 is 0. The predicted octanol–water partition coefficient (Wildman–Crippen LogP) is 3.09. The van der Waals surface area contributed by atoms with E-state index in [0.29, 0.717) is 28.3 Å². The van der Waals surface area contributed by atoms with Gasteiger partial charge in [-0.05, 0) is 24.3 Å². The van der Waals surface area contributed by atoms with Gasteiger partial charge in [0, 0.05) is 16.8 Å². The summed E-state index contributed by atoms with van der Waals surface area (Å²) in [6.07, 6.45) is 0. The number of benzene rings is 2. The van der Waals surface area contributed by atoms with Crippen LogP contribution in [0.25, 0.3) is 11.1 Å². The number of rotatable bonds is 3. The molecule has 0 aliphatic heterocycles. The van der Waals surface area contributed by atoms with Gasteiger partial charge in [-0.1, -0.05) is 12.1 Å². The third-order valence-electron chi connectivity index (χ3n) is 2.68. The fraction of sp³-hybridized carbons (Fsp3) is 0.143. The van der Waals surface area contributed by atoms with Gasteiger partial charge in [0.15, 0.2) is 11.5 Å². The van der Waals surface area contributed by atoms with Crippen molar-refractivity contribution in [1.29, 1.82) is 0 Å². The van der Waals surface area contributed by atoms with Crippen LogP contribution in [0, 0.1) is 5.82 Å². The molecule has 0 amide bonds. The first kappa shape index (κ1) is 12.2. The number of anilines is 1. The molecule has 2 rings (SSSR count). The van der Waals surface area contributed by atoms with E-state index in [1.165, 1.54) is 26.4 Å². The van der Waals surface area contributed by atoms with Crippen molar-refractivity contribution in [2.45, 2.75) is 0 Å². The lowest BCUT2D eigenvalue weighted by Crippen LogP contribution is -1.95. The quantitative estimate of drug-likeness (QED) is 0.848. The van der Waals surface area contributed by atoms with Crippen molar-refractivity contribution in [2.24, 2.45) is 0 Å². The van der Waals surface area contributed by atoms with Crippen molar-refractivity contribution in [3.8, 4) is 22.6 Å². The molecule has 4 heteroatoms. The van der Waals surface area contributed by atoms with Gasteiger partial charge in [0.1, 0.15) is 5.82 Å². The van der Waals surface area contributed by atoms with Gasteiger partial charge >= 0.3 is 0 Å². The van der Waals surface area contributed by atoms with E-state index in [1.54, 1.807) is 24.3 Å². The summed E-state index contributed by atoms with van der Waals surface area (Å²) in [6.45, 7) is 0. The van der Waals surface area contributed by atoms with E-state index in [4.69, 9.17) is 15.2 Å². The Morgan fingerprint density at radius 1 is 1.00 bits per heavy atom. The van der Waals surface area contributed by atoms with E-state index in [-0.39, 0.29) is 5.82 Å². The fourth-order valence-electron chi connectivity index (χ4n) is 1.85. The van der Waals surface area contributed by atoms with E-state index in [9.17, 15) is 4.39 Å². The van der Waals surface area contributed by atoms with Gasteiger partial charge in [0.25, 0.3) is 0 Å². The van der Waals surface area contributed by atoms with E-state index in [1.807, 2.05) is 0 Å². The standard InChI is InChI=1S/C14H14FNO2/c1-17-13-5-3-4-10(14(13)18-2)11-8-9(16)6-7-12(11)15/h3-8H,16H2,1-2H3. The second kappa shape index (κ2) is 4.96. The van der Waals surface area contributed by atoms with Crippen molar-refractivity contribution in [2.75, 3.05) is 20.0 Å². The lowest BCUT2D eigenvalue weighted by molar-refractivity contribution is 0.356. The topological polar surface area (TPSA) is 44.5 Å². The maximum Gasteiger partial charge on any atom is 0.168 e. The average molecular weight is 247 g/mol. The van der Waals surface area contributed by atoms with Crippen molar-refractivity contribution in [3.05, 3.63) is 42.2 Å². The first-order chi connectivity index (χ1) is 8.67. The van der Waals surface area contributed by atoms with E-state index >= 15 is 0 Å². The molecule has 18 heavy (non-hydrogen) atoms. The molecule has 0 unspecified atom stereocenters. The Kier molecular flexibility index (Phi) is 3.37. The third kappa shape index (κ3) is 2.09. The molecule has 0 saturated carbocycles. The van der Waals surface area contributed by atoms with Crippen LogP contribution in [0.2, 0.25) is 0 Å². The Balaban J connectivity index is 2.66. The van der Waals surface area contributed by atoms with Crippen LogP contribution in [0.5, 0.6) is 11.5 Å². The van der Waals surface area contributed by atoms with Crippen molar-refractivity contribution in [3.63, 3.8) is 0 Å². The van der Waals surface area contributed by atoms with Crippen molar-refractivity contribution < 1.29 is 13.9 Å². The average Bonchev–Trinajstić information content (AvgIpc) is 2.40.